The van der Waals surface area contributed by atoms with Crippen LogP contribution >= 0.6 is 0 Å². The van der Waals surface area contributed by atoms with Crippen LogP contribution in [0.2, 0.25) is 0 Å². The summed E-state index contributed by atoms with van der Waals surface area (Å²) in [5.74, 6) is 0.524. The van der Waals surface area contributed by atoms with Crippen molar-refractivity contribution in [3.05, 3.63) is 28.8 Å². The van der Waals surface area contributed by atoms with Crippen molar-refractivity contribution in [3.63, 3.8) is 0 Å². The third-order valence-electron chi connectivity index (χ3n) is 3.25. The second kappa shape index (κ2) is 6.23. The average molecular weight is 262 g/mol. The molecule has 0 saturated heterocycles. The molecule has 1 aromatic carbocycles. The highest BCUT2D eigenvalue weighted by Crippen LogP contribution is 2.30. The zero-order chi connectivity index (χ0) is 14.6. The van der Waals surface area contributed by atoms with Gasteiger partial charge in [0.2, 0.25) is 0 Å². The van der Waals surface area contributed by atoms with E-state index in [0.29, 0.717) is 5.75 Å². The molecule has 106 valence electrons. The fourth-order valence-corrected chi connectivity index (χ4v) is 2.24. The minimum atomic E-state index is -0.385. The molecule has 0 bridgehead atoms. The van der Waals surface area contributed by atoms with Crippen molar-refractivity contribution >= 4 is 5.78 Å². The van der Waals surface area contributed by atoms with E-state index in [2.05, 4.69) is 13.8 Å². The Bertz CT molecular complexity index is 426. The molecule has 2 nitrogen and oxygen atoms in total. The fraction of sp³-hybridized carbons (Fsp3) is 0.588. The predicted molar refractivity (Wildman–Crippen MR) is 79.9 cm³/mol. The Hall–Kier alpha value is -1.31. The maximum absolute atomic E-state index is 12.4. The molecular weight excluding hydrogens is 236 g/mol. The van der Waals surface area contributed by atoms with Crippen LogP contribution in [0.15, 0.2) is 12.1 Å². The molecular formula is C17H26O2. The molecule has 19 heavy (non-hydrogen) atoms. The monoisotopic (exact) mass is 262 g/mol. The number of benzene rings is 1. The summed E-state index contributed by atoms with van der Waals surface area (Å²) in [6.45, 7) is 9.96. The molecule has 1 rings (SSSR count). The third kappa shape index (κ3) is 3.82. The second-order valence-electron chi connectivity index (χ2n) is 6.22. The molecule has 0 atom stereocenters. The molecule has 0 heterocycles. The summed E-state index contributed by atoms with van der Waals surface area (Å²) in [6.07, 6.45) is 3.56. The lowest BCUT2D eigenvalue weighted by molar-refractivity contribution is 0.0858. The number of rotatable bonds is 5. The molecule has 0 saturated carbocycles. The number of phenolic OH excluding ortho intramolecular Hbond substituents is 1. The first-order valence-electron chi connectivity index (χ1n) is 7.20. The number of aromatic hydroxyl groups is 1. The van der Waals surface area contributed by atoms with Crippen LogP contribution in [0.3, 0.4) is 0 Å². The largest absolute Gasteiger partial charge is 0.507 e. The van der Waals surface area contributed by atoms with Crippen molar-refractivity contribution in [3.8, 4) is 5.75 Å². The van der Waals surface area contributed by atoms with E-state index in [0.717, 1.165) is 42.4 Å². The van der Waals surface area contributed by atoms with Gasteiger partial charge in [-0.2, -0.15) is 0 Å². The Morgan fingerprint density at radius 2 is 1.47 bits per heavy atom. The smallest absolute Gasteiger partial charge is 0.168 e. The van der Waals surface area contributed by atoms with Crippen LogP contribution < -0.4 is 0 Å². The minimum absolute atomic E-state index is 0.141. The Morgan fingerprint density at radius 3 is 1.79 bits per heavy atom. The first-order chi connectivity index (χ1) is 8.81. The molecule has 0 radical (unpaired) electrons. The zero-order valence-electron chi connectivity index (χ0n) is 12.8. The van der Waals surface area contributed by atoms with Gasteiger partial charge in [0.1, 0.15) is 5.75 Å². The van der Waals surface area contributed by atoms with Gasteiger partial charge in [-0.15, -0.1) is 0 Å². The number of aryl methyl sites for hydroxylation is 2. The van der Waals surface area contributed by atoms with Crippen LogP contribution in [0.25, 0.3) is 0 Å². The van der Waals surface area contributed by atoms with Crippen molar-refractivity contribution in [2.45, 2.75) is 60.3 Å². The molecule has 2 heteroatoms. The summed E-state index contributed by atoms with van der Waals surface area (Å²) in [4.78, 5) is 12.4. The number of carbonyl (C=O) groups excluding carboxylic acids is 1. The summed E-state index contributed by atoms with van der Waals surface area (Å²) in [5, 5.41) is 10.2. The molecule has 0 amide bonds. The van der Waals surface area contributed by atoms with Crippen LogP contribution in [-0.2, 0) is 12.8 Å². The van der Waals surface area contributed by atoms with Crippen LogP contribution in [0.1, 0.15) is 68.9 Å². The van der Waals surface area contributed by atoms with E-state index >= 15 is 0 Å². The normalized spacial score (nSPS) is 11.6. The number of phenols is 1. The first kappa shape index (κ1) is 15.7. The van der Waals surface area contributed by atoms with Gasteiger partial charge in [0.15, 0.2) is 5.78 Å². The van der Waals surface area contributed by atoms with E-state index < -0.39 is 0 Å². The summed E-state index contributed by atoms with van der Waals surface area (Å²) < 4.78 is 0. The number of carbonyl (C=O) groups is 1. The highest BCUT2D eigenvalue weighted by molar-refractivity contribution is 6.00. The highest BCUT2D eigenvalue weighted by Gasteiger charge is 2.24. The lowest BCUT2D eigenvalue weighted by Gasteiger charge is -2.19. The van der Waals surface area contributed by atoms with Crippen LogP contribution in [0.5, 0.6) is 5.75 Å². The molecule has 0 aliphatic heterocycles. The maximum atomic E-state index is 12.4. The van der Waals surface area contributed by atoms with Gasteiger partial charge < -0.3 is 5.11 Å². The van der Waals surface area contributed by atoms with Gasteiger partial charge in [0.25, 0.3) is 0 Å². The van der Waals surface area contributed by atoms with E-state index in [1.54, 1.807) is 0 Å². The van der Waals surface area contributed by atoms with Gasteiger partial charge in [-0.25, -0.2) is 0 Å². The molecule has 0 unspecified atom stereocenters. The van der Waals surface area contributed by atoms with Crippen molar-refractivity contribution in [1.29, 1.82) is 0 Å². The van der Waals surface area contributed by atoms with Gasteiger partial charge >= 0.3 is 0 Å². The number of hydrogen-bond acceptors (Lipinski definition) is 2. The Labute approximate surface area is 116 Å². The fourth-order valence-electron chi connectivity index (χ4n) is 2.24. The van der Waals surface area contributed by atoms with Gasteiger partial charge in [-0.1, -0.05) is 47.5 Å². The van der Waals surface area contributed by atoms with Crippen LogP contribution in [0, 0.1) is 5.41 Å². The van der Waals surface area contributed by atoms with Crippen molar-refractivity contribution in [2.75, 3.05) is 0 Å². The summed E-state index contributed by atoms with van der Waals surface area (Å²) >= 11 is 0. The molecule has 1 N–H and O–H groups in total. The molecule has 0 aliphatic carbocycles. The maximum Gasteiger partial charge on any atom is 0.168 e. The van der Waals surface area contributed by atoms with E-state index in [1.807, 2.05) is 32.9 Å². The zero-order valence-corrected chi connectivity index (χ0v) is 12.8. The van der Waals surface area contributed by atoms with Gasteiger partial charge in [-0.05, 0) is 36.1 Å². The standard InChI is InChI=1S/C17H26O2/c1-6-8-12-10-14(16(19)17(3,4)5)11-13(9-7-2)15(12)18/h10-11,18H,6-9H2,1-5H3. The summed E-state index contributed by atoms with van der Waals surface area (Å²) in [5.41, 5.74) is 2.16. The van der Waals surface area contributed by atoms with Crippen LogP contribution in [0.4, 0.5) is 0 Å². The lowest BCUT2D eigenvalue weighted by Crippen LogP contribution is -2.20. The molecule has 0 spiro atoms. The molecule has 0 aliphatic rings. The quantitative estimate of drug-likeness (QED) is 0.792. The van der Waals surface area contributed by atoms with Crippen LogP contribution in [-0.4, -0.2) is 10.9 Å². The Kier molecular flexibility index (Phi) is 5.16. The van der Waals surface area contributed by atoms with E-state index in [9.17, 15) is 9.90 Å². The summed E-state index contributed by atoms with van der Waals surface area (Å²) in [7, 11) is 0. The lowest BCUT2D eigenvalue weighted by atomic mass is 9.84. The molecule has 0 fully saturated rings. The number of ketones is 1. The van der Waals surface area contributed by atoms with E-state index in [-0.39, 0.29) is 11.2 Å². The van der Waals surface area contributed by atoms with Gasteiger partial charge in [0, 0.05) is 11.0 Å². The topological polar surface area (TPSA) is 37.3 Å². The number of hydrogen-bond donors (Lipinski definition) is 1. The van der Waals surface area contributed by atoms with Crippen molar-refractivity contribution in [1.82, 2.24) is 0 Å². The van der Waals surface area contributed by atoms with Crippen molar-refractivity contribution in [2.24, 2.45) is 5.41 Å². The predicted octanol–water partition coefficient (Wildman–Crippen LogP) is 4.53. The van der Waals surface area contributed by atoms with Crippen molar-refractivity contribution < 1.29 is 9.90 Å². The SMILES string of the molecule is CCCc1cc(C(=O)C(C)(C)C)cc(CCC)c1O. The minimum Gasteiger partial charge on any atom is -0.507 e. The Morgan fingerprint density at radius 1 is 1.05 bits per heavy atom. The average Bonchev–Trinajstić information content (AvgIpc) is 2.32. The van der Waals surface area contributed by atoms with Gasteiger partial charge in [-0.3, -0.25) is 4.79 Å². The Balaban J connectivity index is 3.29. The second-order valence-corrected chi connectivity index (χ2v) is 6.22. The first-order valence-corrected chi connectivity index (χ1v) is 7.20. The van der Waals surface area contributed by atoms with E-state index in [4.69, 9.17) is 0 Å². The molecule has 0 aromatic heterocycles. The summed E-state index contributed by atoms with van der Waals surface area (Å²) in [6, 6.07) is 3.73. The van der Waals surface area contributed by atoms with E-state index in [1.165, 1.54) is 0 Å². The third-order valence-corrected chi connectivity index (χ3v) is 3.25. The highest BCUT2D eigenvalue weighted by atomic mass is 16.3. The van der Waals surface area contributed by atoms with Gasteiger partial charge in [0.05, 0.1) is 0 Å². The number of Topliss-reactive ketones (excluding diaryl/α,β-unsaturated/α-hetero) is 1. The molecule has 1 aromatic rings.